The molecule has 7 heteroatoms. The van der Waals surface area contributed by atoms with E-state index in [2.05, 4.69) is 39.6 Å². The Morgan fingerprint density at radius 2 is 2.04 bits per heavy atom. The van der Waals surface area contributed by atoms with Crippen molar-refractivity contribution in [3.05, 3.63) is 11.7 Å². The van der Waals surface area contributed by atoms with E-state index in [-0.39, 0.29) is 6.10 Å². The zero-order valence-corrected chi connectivity index (χ0v) is 15.8. The lowest BCUT2D eigenvalue weighted by Crippen LogP contribution is -2.42. The number of nitrogens with one attached hydrogen (secondary N) is 2. The van der Waals surface area contributed by atoms with Crippen molar-refractivity contribution in [1.29, 1.82) is 0 Å². The molecule has 2 unspecified atom stereocenters. The van der Waals surface area contributed by atoms with Gasteiger partial charge in [0.15, 0.2) is 11.8 Å². The van der Waals surface area contributed by atoms with E-state index in [0.717, 1.165) is 18.9 Å². The number of unbranched alkanes of at least 4 members (excludes halogenated alkanes) is 2. The molecule has 0 saturated heterocycles. The number of ether oxygens (including phenoxy) is 1. The molecular formula is C17H33N5O2. The van der Waals surface area contributed by atoms with Crippen LogP contribution in [0.15, 0.2) is 9.52 Å². The third kappa shape index (κ3) is 7.77. The minimum absolute atomic E-state index is 0.165. The van der Waals surface area contributed by atoms with E-state index in [4.69, 9.17) is 9.26 Å². The van der Waals surface area contributed by atoms with Crippen molar-refractivity contribution in [3.8, 4) is 0 Å². The number of hydrogen-bond acceptors (Lipinski definition) is 5. The minimum Gasteiger partial charge on any atom is -0.371 e. The molecule has 1 rings (SSSR count). The summed E-state index contributed by atoms with van der Waals surface area (Å²) < 4.78 is 10.7. The summed E-state index contributed by atoms with van der Waals surface area (Å²) in [5, 5.41) is 10.6. The molecule has 2 atom stereocenters. The van der Waals surface area contributed by atoms with Crippen molar-refractivity contribution in [2.24, 2.45) is 4.99 Å². The summed E-state index contributed by atoms with van der Waals surface area (Å²) in [4.78, 5) is 8.86. The fraction of sp³-hybridized carbons (Fsp3) is 0.824. The summed E-state index contributed by atoms with van der Waals surface area (Å²) in [6, 6.07) is 0.380. The van der Waals surface area contributed by atoms with Crippen LogP contribution in [0.2, 0.25) is 0 Å². The molecular weight excluding hydrogens is 306 g/mol. The van der Waals surface area contributed by atoms with Crippen LogP contribution < -0.4 is 10.6 Å². The summed E-state index contributed by atoms with van der Waals surface area (Å²) in [5.41, 5.74) is 0. The lowest BCUT2D eigenvalue weighted by Gasteiger charge is -2.17. The van der Waals surface area contributed by atoms with Gasteiger partial charge >= 0.3 is 0 Å². The lowest BCUT2D eigenvalue weighted by molar-refractivity contribution is 0.0683. The molecule has 0 aromatic carbocycles. The van der Waals surface area contributed by atoms with Crippen LogP contribution in [0, 0.1) is 0 Å². The van der Waals surface area contributed by atoms with E-state index < -0.39 is 0 Å². The summed E-state index contributed by atoms with van der Waals surface area (Å²) in [6.45, 7) is 12.1. The average molecular weight is 339 g/mol. The lowest BCUT2D eigenvalue weighted by atomic mass is 10.1. The van der Waals surface area contributed by atoms with Crippen LogP contribution in [0.3, 0.4) is 0 Å². The van der Waals surface area contributed by atoms with Gasteiger partial charge in [-0.15, -0.1) is 0 Å². The maximum Gasteiger partial charge on any atom is 0.248 e. The van der Waals surface area contributed by atoms with Crippen molar-refractivity contribution in [1.82, 2.24) is 20.8 Å². The highest BCUT2D eigenvalue weighted by atomic mass is 16.5. The molecule has 0 bridgehead atoms. The van der Waals surface area contributed by atoms with Gasteiger partial charge in [0.25, 0.3) is 0 Å². The fourth-order valence-corrected chi connectivity index (χ4v) is 2.29. The Hall–Kier alpha value is -1.63. The molecule has 0 fully saturated rings. The average Bonchev–Trinajstić information content (AvgIpc) is 3.02. The van der Waals surface area contributed by atoms with Crippen molar-refractivity contribution >= 4 is 5.96 Å². The Bertz CT molecular complexity index is 475. The van der Waals surface area contributed by atoms with Gasteiger partial charge in [-0.3, -0.25) is 0 Å². The smallest absolute Gasteiger partial charge is 0.248 e. The standard InChI is InChI=1S/C17H33N5O2/c1-6-9-10-11-13(4)20-17(18-7-2)19-12-15-21-16(22-24-15)14(5)23-8-3/h13-14H,6-12H2,1-5H3,(H2,18,19,20). The minimum atomic E-state index is -0.165. The maximum atomic E-state index is 5.46. The van der Waals surface area contributed by atoms with Crippen LogP contribution in [-0.4, -0.2) is 35.3 Å². The molecule has 1 aromatic heterocycles. The molecule has 0 aliphatic heterocycles. The number of guanidine groups is 1. The molecule has 138 valence electrons. The molecule has 0 saturated carbocycles. The van der Waals surface area contributed by atoms with Gasteiger partial charge in [0.2, 0.25) is 5.89 Å². The van der Waals surface area contributed by atoms with E-state index >= 15 is 0 Å². The largest absolute Gasteiger partial charge is 0.371 e. The van der Waals surface area contributed by atoms with Gasteiger partial charge in [-0.2, -0.15) is 4.98 Å². The Balaban J connectivity index is 2.55. The van der Waals surface area contributed by atoms with Crippen molar-refractivity contribution < 1.29 is 9.26 Å². The molecule has 1 aromatic rings. The van der Waals surface area contributed by atoms with E-state index in [1.807, 2.05) is 20.8 Å². The monoisotopic (exact) mass is 339 g/mol. The van der Waals surface area contributed by atoms with Crippen molar-refractivity contribution in [2.75, 3.05) is 13.2 Å². The zero-order chi connectivity index (χ0) is 17.8. The van der Waals surface area contributed by atoms with Crippen LogP contribution in [0.5, 0.6) is 0 Å². The van der Waals surface area contributed by atoms with E-state index in [9.17, 15) is 0 Å². The topological polar surface area (TPSA) is 84.6 Å². The Labute approximate surface area is 145 Å². The van der Waals surface area contributed by atoms with Gasteiger partial charge < -0.3 is 19.9 Å². The molecule has 0 spiro atoms. The van der Waals surface area contributed by atoms with Gasteiger partial charge in [0, 0.05) is 19.2 Å². The summed E-state index contributed by atoms with van der Waals surface area (Å²) in [7, 11) is 0. The molecule has 0 amide bonds. The first kappa shape index (κ1) is 20.4. The Morgan fingerprint density at radius 1 is 1.25 bits per heavy atom. The van der Waals surface area contributed by atoms with Gasteiger partial charge in [-0.1, -0.05) is 31.3 Å². The van der Waals surface area contributed by atoms with Crippen molar-refractivity contribution in [3.63, 3.8) is 0 Å². The summed E-state index contributed by atoms with van der Waals surface area (Å²) in [6.07, 6.45) is 4.70. The highest BCUT2D eigenvalue weighted by Gasteiger charge is 2.13. The van der Waals surface area contributed by atoms with Crippen LogP contribution in [0.4, 0.5) is 0 Å². The highest BCUT2D eigenvalue weighted by Crippen LogP contribution is 2.13. The van der Waals surface area contributed by atoms with Gasteiger partial charge in [0.1, 0.15) is 12.6 Å². The first-order valence-corrected chi connectivity index (χ1v) is 9.09. The van der Waals surface area contributed by atoms with Crippen LogP contribution in [0.1, 0.15) is 78.1 Å². The summed E-state index contributed by atoms with van der Waals surface area (Å²) >= 11 is 0. The second-order valence-electron chi connectivity index (χ2n) is 5.88. The fourth-order valence-electron chi connectivity index (χ4n) is 2.29. The molecule has 0 radical (unpaired) electrons. The molecule has 1 heterocycles. The first-order chi connectivity index (χ1) is 11.6. The van der Waals surface area contributed by atoms with Crippen LogP contribution >= 0.6 is 0 Å². The number of aliphatic imine (C=N–C) groups is 1. The second kappa shape index (κ2) is 11.8. The first-order valence-electron chi connectivity index (χ1n) is 9.09. The van der Waals surface area contributed by atoms with Gasteiger partial charge in [0.05, 0.1) is 0 Å². The van der Waals surface area contributed by atoms with Gasteiger partial charge in [-0.25, -0.2) is 4.99 Å². The quantitative estimate of drug-likeness (QED) is 0.366. The predicted molar refractivity (Wildman–Crippen MR) is 95.9 cm³/mol. The van der Waals surface area contributed by atoms with E-state index in [1.54, 1.807) is 0 Å². The van der Waals surface area contributed by atoms with E-state index in [0.29, 0.717) is 30.9 Å². The Morgan fingerprint density at radius 3 is 2.71 bits per heavy atom. The molecule has 0 aliphatic rings. The van der Waals surface area contributed by atoms with Crippen molar-refractivity contribution in [2.45, 2.75) is 79.0 Å². The SMILES string of the molecule is CCCCCC(C)NC(=NCc1nc(C(C)OCC)no1)NCC. The van der Waals surface area contributed by atoms with Crippen LogP contribution in [-0.2, 0) is 11.3 Å². The van der Waals surface area contributed by atoms with Gasteiger partial charge in [-0.05, 0) is 34.1 Å². The molecule has 24 heavy (non-hydrogen) atoms. The van der Waals surface area contributed by atoms with Crippen LogP contribution in [0.25, 0.3) is 0 Å². The number of nitrogens with zero attached hydrogens (tertiary/aromatic N) is 3. The number of rotatable bonds is 11. The molecule has 7 nitrogen and oxygen atoms in total. The van der Waals surface area contributed by atoms with E-state index in [1.165, 1.54) is 19.3 Å². The third-order valence-electron chi connectivity index (χ3n) is 3.60. The number of aromatic nitrogens is 2. The highest BCUT2D eigenvalue weighted by molar-refractivity contribution is 5.79. The predicted octanol–water partition coefficient (Wildman–Crippen LogP) is 3.19. The zero-order valence-electron chi connectivity index (χ0n) is 15.8. The molecule has 2 N–H and O–H groups in total. The molecule has 0 aliphatic carbocycles. The second-order valence-corrected chi connectivity index (χ2v) is 5.88. The summed E-state index contributed by atoms with van der Waals surface area (Å²) in [5.74, 6) is 1.83. The number of hydrogen-bond donors (Lipinski definition) is 2. The third-order valence-corrected chi connectivity index (χ3v) is 3.60. The Kier molecular flexibility index (Phi) is 10.1. The maximum absolute atomic E-state index is 5.46. The normalized spacial score (nSPS) is 14.5.